The molecule has 3 nitrogen and oxygen atoms in total. The smallest absolute Gasteiger partial charge is 0.326 e. The zero-order valence-corrected chi connectivity index (χ0v) is 6.64. The molecule has 0 spiro atoms. The van der Waals surface area contributed by atoms with Gasteiger partial charge in [-0.3, -0.25) is 0 Å². The van der Waals surface area contributed by atoms with E-state index in [-0.39, 0.29) is 0 Å². The molecule has 0 saturated carbocycles. The molecule has 0 rings (SSSR count). The lowest BCUT2D eigenvalue weighted by atomic mass is 10.3. The second kappa shape index (κ2) is 5.17. The van der Waals surface area contributed by atoms with Gasteiger partial charge in [0.1, 0.15) is 6.04 Å². The molecule has 0 amide bonds. The van der Waals surface area contributed by atoms with E-state index in [1.54, 1.807) is 12.3 Å². The molecule has 0 fully saturated rings. The number of thiol groups is 1. The number of nitrogens with one attached hydrogen (secondary N) is 1. The lowest BCUT2D eigenvalue weighted by Gasteiger charge is -2.07. The fourth-order valence-electron chi connectivity index (χ4n) is 0.414. The van der Waals surface area contributed by atoms with Gasteiger partial charge in [-0.05, 0) is 13.1 Å². The van der Waals surface area contributed by atoms with Gasteiger partial charge in [0.05, 0.1) is 0 Å². The summed E-state index contributed by atoms with van der Waals surface area (Å²) in [6.07, 6.45) is 3.33. The Balaban J connectivity index is 3.71. The van der Waals surface area contributed by atoms with Crippen LogP contribution in [0.4, 0.5) is 0 Å². The second-order valence-corrected chi connectivity index (χ2v) is 2.11. The topological polar surface area (TPSA) is 49.3 Å². The molecule has 0 aromatic carbocycles. The summed E-state index contributed by atoms with van der Waals surface area (Å²) in [4.78, 5) is 10.3. The Bertz CT molecular complexity index is 136. The molecule has 1 atom stereocenters. The SMILES string of the molecule is C/C=C/N[C@H](CS)C(=O)O. The van der Waals surface area contributed by atoms with Gasteiger partial charge < -0.3 is 10.4 Å². The van der Waals surface area contributed by atoms with Gasteiger partial charge in [-0.15, -0.1) is 0 Å². The highest BCUT2D eigenvalue weighted by Crippen LogP contribution is 1.87. The molecule has 0 saturated heterocycles. The van der Waals surface area contributed by atoms with Crippen molar-refractivity contribution in [2.24, 2.45) is 0 Å². The first kappa shape index (κ1) is 9.36. The standard InChI is InChI=1S/C6H11NO2S/c1-2-3-7-5(4-10)6(8)9/h2-3,5,7,10H,4H2,1H3,(H,8,9)/b3-2+/t5-/m1/s1. The Morgan fingerprint density at radius 2 is 2.50 bits per heavy atom. The molecular formula is C6H11NO2S. The summed E-state index contributed by atoms with van der Waals surface area (Å²) in [7, 11) is 0. The number of carboxylic acids is 1. The van der Waals surface area contributed by atoms with Crippen LogP contribution in [-0.2, 0) is 4.79 Å². The number of rotatable bonds is 4. The van der Waals surface area contributed by atoms with Crippen LogP contribution < -0.4 is 5.32 Å². The van der Waals surface area contributed by atoms with E-state index >= 15 is 0 Å². The molecule has 0 radical (unpaired) electrons. The zero-order valence-electron chi connectivity index (χ0n) is 5.74. The fraction of sp³-hybridized carbons (Fsp3) is 0.500. The maximum absolute atomic E-state index is 10.3. The minimum absolute atomic E-state index is 0.291. The first-order valence-electron chi connectivity index (χ1n) is 2.93. The summed E-state index contributed by atoms with van der Waals surface area (Å²) < 4.78 is 0. The summed E-state index contributed by atoms with van der Waals surface area (Å²) in [5, 5.41) is 11.1. The molecule has 0 aromatic heterocycles. The molecule has 2 N–H and O–H groups in total. The number of hydrogen-bond acceptors (Lipinski definition) is 3. The van der Waals surface area contributed by atoms with Crippen molar-refractivity contribution >= 4 is 18.6 Å². The Morgan fingerprint density at radius 3 is 2.80 bits per heavy atom. The third-order valence-corrected chi connectivity index (χ3v) is 1.31. The van der Waals surface area contributed by atoms with Crippen LogP contribution in [0.2, 0.25) is 0 Å². The van der Waals surface area contributed by atoms with Gasteiger partial charge in [-0.1, -0.05) is 6.08 Å². The minimum Gasteiger partial charge on any atom is -0.480 e. The van der Waals surface area contributed by atoms with E-state index in [9.17, 15) is 4.79 Å². The largest absolute Gasteiger partial charge is 0.480 e. The molecule has 0 aliphatic rings. The van der Waals surface area contributed by atoms with Crippen molar-refractivity contribution in [2.45, 2.75) is 13.0 Å². The lowest BCUT2D eigenvalue weighted by Crippen LogP contribution is -2.34. The van der Waals surface area contributed by atoms with Crippen molar-refractivity contribution in [3.8, 4) is 0 Å². The molecule has 0 aliphatic carbocycles. The molecule has 0 heterocycles. The second-order valence-electron chi connectivity index (χ2n) is 1.74. The Morgan fingerprint density at radius 1 is 1.90 bits per heavy atom. The van der Waals surface area contributed by atoms with E-state index in [0.717, 1.165) is 0 Å². The number of aliphatic carboxylic acids is 1. The summed E-state index contributed by atoms with van der Waals surface area (Å²) in [6, 6.07) is -0.584. The summed E-state index contributed by atoms with van der Waals surface area (Å²) >= 11 is 3.85. The highest BCUT2D eigenvalue weighted by atomic mass is 32.1. The Kier molecular flexibility index (Phi) is 4.84. The van der Waals surface area contributed by atoms with Gasteiger partial charge in [-0.25, -0.2) is 4.79 Å². The summed E-state index contributed by atoms with van der Waals surface area (Å²) in [5.74, 6) is -0.590. The Labute approximate surface area is 65.5 Å². The van der Waals surface area contributed by atoms with E-state index in [1.807, 2.05) is 6.92 Å². The van der Waals surface area contributed by atoms with Crippen LogP contribution in [0.3, 0.4) is 0 Å². The van der Waals surface area contributed by atoms with Crippen LogP contribution in [0.5, 0.6) is 0 Å². The van der Waals surface area contributed by atoms with Gasteiger partial charge in [0.15, 0.2) is 0 Å². The molecule has 10 heavy (non-hydrogen) atoms. The van der Waals surface area contributed by atoms with Crippen LogP contribution in [0.1, 0.15) is 6.92 Å². The molecule has 58 valence electrons. The third kappa shape index (κ3) is 3.40. The van der Waals surface area contributed by atoms with Gasteiger partial charge in [0, 0.05) is 5.75 Å². The van der Waals surface area contributed by atoms with Crippen molar-refractivity contribution in [1.82, 2.24) is 5.32 Å². The third-order valence-electron chi connectivity index (χ3n) is 0.945. The monoisotopic (exact) mass is 161 g/mol. The summed E-state index contributed by atoms with van der Waals surface area (Å²) in [6.45, 7) is 1.81. The summed E-state index contributed by atoms with van der Waals surface area (Å²) in [5.41, 5.74) is 0. The predicted octanol–water partition coefficient (Wildman–Crippen LogP) is 0.493. The number of carboxylic acid groups (broad SMARTS) is 1. The normalized spacial score (nSPS) is 13.4. The quantitative estimate of drug-likeness (QED) is 0.526. The molecule has 0 aromatic rings. The number of hydrogen-bond donors (Lipinski definition) is 3. The fourth-order valence-corrected chi connectivity index (χ4v) is 0.676. The van der Waals surface area contributed by atoms with Crippen molar-refractivity contribution in [2.75, 3.05) is 5.75 Å². The van der Waals surface area contributed by atoms with Crippen LogP contribution in [0, 0.1) is 0 Å². The average molecular weight is 161 g/mol. The van der Waals surface area contributed by atoms with Crippen LogP contribution in [-0.4, -0.2) is 22.9 Å². The lowest BCUT2D eigenvalue weighted by molar-refractivity contribution is -0.138. The van der Waals surface area contributed by atoms with E-state index in [0.29, 0.717) is 5.75 Å². The molecule has 0 aliphatic heterocycles. The van der Waals surface area contributed by atoms with Crippen molar-refractivity contribution in [1.29, 1.82) is 0 Å². The van der Waals surface area contributed by atoms with Crippen molar-refractivity contribution in [3.05, 3.63) is 12.3 Å². The van der Waals surface area contributed by atoms with Gasteiger partial charge in [-0.2, -0.15) is 12.6 Å². The van der Waals surface area contributed by atoms with E-state index < -0.39 is 12.0 Å². The molecule has 4 heteroatoms. The molecule has 0 unspecified atom stereocenters. The highest BCUT2D eigenvalue weighted by molar-refractivity contribution is 7.80. The van der Waals surface area contributed by atoms with E-state index in [4.69, 9.17) is 5.11 Å². The highest BCUT2D eigenvalue weighted by Gasteiger charge is 2.11. The molecule has 0 bridgehead atoms. The first-order valence-corrected chi connectivity index (χ1v) is 3.56. The number of allylic oxidation sites excluding steroid dienone is 1. The van der Waals surface area contributed by atoms with Gasteiger partial charge in [0.25, 0.3) is 0 Å². The van der Waals surface area contributed by atoms with Crippen LogP contribution >= 0.6 is 12.6 Å². The zero-order chi connectivity index (χ0) is 7.98. The van der Waals surface area contributed by atoms with E-state index in [2.05, 4.69) is 17.9 Å². The van der Waals surface area contributed by atoms with E-state index in [1.165, 1.54) is 0 Å². The average Bonchev–Trinajstić information content (AvgIpc) is 1.89. The van der Waals surface area contributed by atoms with Crippen LogP contribution in [0.15, 0.2) is 12.3 Å². The molecular weight excluding hydrogens is 150 g/mol. The number of carbonyl (C=O) groups is 1. The van der Waals surface area contributed by atoms with Crippen molar-refractivity contribution in [3.63, 3.8) is 0 Å². The Hall–Kier alpha value is -0.640. The van der Waals surface area contributed by atoms with Crippen molar-refractivity contribution < 1.29 is 9.90 Å². The predicted molar refractivity (Wildman–Crippen MR) is 43.2 cm³/mol. The maximum Gasteiger partial charge on any atom is 0.326 e. The van der Waals surface area contributed by atoms with Gasteiger partial charge in [0.2, 0.25) is 0 Å². The van der Waals surface area contributed by atoms with Crippen LogP contribution in [0.25, 0.3) is 0 Å². The first-order chi connectivity index (χ1) is 4.72. The van der Waals surface area contributed by atoms with Gasteiger partial charge >= 0.3 is 5.97 Å². The minimum atomic E-state index is -0.881. The maximum atomic E-state index is 10.3.